The van der Waals surface area contributed by atoms with Crippen LogP contribution in [0.2, 0.25) is 0 Å². The summed E-state index contributed by atoms with van der Waals surface area (Å²) >= 11 is 2.06. The van der Waals surface area contributed by atoms with Gasteiger partial charge in [0, 0.05) is 19.3 Å². The second kappa shape index (κ2) is 16.0. The average Bonchev–Trinajstić information content (AvgIpc) is 2.68. The van der Waals surface area contributed by atoms with E-state index in [0.717, 1.165) is 18.7 Å². The van der Waals surface area contributed by atoms with Crippen molar-refractivity contribution in [1.29, 1.82) is 0 Å². The van der Waals surface area contributed by atoms with Crippen LogP contribution in [0, 0.1) is 0 Å². The maximum Gasteiger partial charge on any atom is 0.245 e. The zero-order chi connectivity index (χ0) is 18.9. The van der Waals surface area contributed by atoms with Crippen molar-refractivity contribution in [2.75, 3.05) is 19.3 Å². The lowest BCUT2D eigenvalue weighted by atomic mass is 10.1. The molecule has 0 saturated heterocycles. The van der Waals surface area contributed by atoms with E-state index in [1.807, 2.05) is 7.05 Å². The minimum absolute atomic E-state index is 0.0310. The predicted molar refractivity (Wildman–Crippen MR) is 117 cm³/mol. The summed E-state index contributed by atoms with van der Waals surface area (Å²) in [6.45, 7) is 4.37. The van der Waals surface area contributed by atoms with Crippen LogP contribution in [0.5, 0.6) is 0 Å². The lowest BCUT2D eigenvalue weighted by molar-refractivity contribution is -0.124. The number of benzene rings is 1. The molecule has 0 atom stereocenters. The molecule has 0 spiro atoms. The molecule has 0 aliphatic rings. The van der Waals surface area contributed by atoms with Gasteiger partial charge < -0.3 is 4.90 Å². The third kappa shape index (κ3) is 12.2. The molecule has 0 aromatic heterocycles. The molecule has 2 nitrogen and oxygen atoms in total. The number of hydrogen-bond acceptors (Lipinski definition) is 2. The molecular weight excluding hydrogens is 338 g/mol. The normalized spacial score (nSPS) is 10.7. The molecule has 1 amide bonds. The summed E-state index contributed by atoms with van der Waals surface area (Å²) in [4.78, 5) is 13.1. The number of thioether (sulfide) groups is 1. The van der Waals surface area contributed by atoms with Gasteiger partial charge in [-0.2, -0.15) is 11.8 Å². The Hall–Kier alpha value is -1.22. The van der Waals surface area contributed by atoms with Gasteiger partial charge in [0.25, 0.3) is 0 Å². The van der Waals surface area contributed by atoms with Gasteiger partial charge in [0.15, 0.2) is 0 Å². The Balaban J connectivity index is 1.77. The van der Waals surface area contributed by atoms with Crippen molar-refractivity contribution < 1.29 is 4.79 Å². The summed E-state index contributed by atoms with van der Waals surface area (Å²) in [5.41, 5.74) is 1.44. The fraction of sp³-hybridized carbons (Fsp3) is 0.609. The van der Waals surface area contributed by atoms with Crippen LogP contribution in [0.3, 0.4) is 0 Å². The zero-order valence-corrected chi connectivity index (χ0v) is 17.4. The van der Waals surface area contributed by atoms with E-state index in [2.05, 4.69) is 48.7 Å². The largest absolute Gasteiger partial charge is 0.342 e. The molecule has 0 aliphatic heterocycles. The standard InChI is InChI=1S/C23H37NOS/c1-3-23(25)24(2)19-15-10-8-6-4-5-7-9-11-16-20-26-21-22-17-13-12-14-18-22/h3,12-14,17-18H,1,4-11,15-16,19-21H2,2H3. The van der Waals surface area contributed by atoms with Gasteiger partial charge in [0.05, 0.1) is 0 Å². The first-order valence-corrected chi connectivity index (χ1v) is 11.4. The lowest BCUT2D eigenvalue weighted by Gasteiger charge is -2.14. The van der Waals surface area contributed by atoms with Crippen molar-refractivity contribution in [1.82, 2.24) is 4.90 Å². The summed E-state index contributed by atoms with van der Waals surface area (Å²) in [5, 5.41) is 0. The highest BCUT2D eigenvalue weighted by atomic mass is 32.2. The van der Waals surface area contributed by atoms with Gasteiger partial charge in [-0.05, 0) is 30.2 Å². The molecule has 0 heterocycles. The highest BCUT2D eigenvalue weighted by molar-refractivity contribution is 7.98. The maximum absolute atomic E-state index is 11.3. The molecule has 1 aromatic rings. The number of unbranched alkanes of at least 4 members (excludes halogenated alkanes) is 9. The maximum atomic E-state index is 11.3. The number of nitrogens with zero attached hydrogens (tertiary/aromatic N) is 1. The second-order valence-corrected chi connectivity index (χ2v) is 8.14. The van der Waals surface area contributed by atoms with Crippen LogP contribution in [0.25, 0.3) is 0 Å². The van der Waals surface area contributed by atoms with E-state index in [1.165, 1.54) is 75.2 Å². The minimum atomic E-state index is 0.0310. The van der Waals surface area contributed by atoms with Gasteiger partial charge in [-0.1, -0.05) is 88.3 Å². The first kappa shape index (κ1) is 22.8. The summed E-state index contributed by atoms with van der Waals surface area (Å²) in [6.07, 6.45) is 14.6. The Labute approximate surface area is 165 Å². The molecule has 0 fully saturated rings. The minimum Gasteiger partial charge on any atom is -0.342 e. The number of likely N-dealkylation sites (N-methyl/N-ethyl adjacent to an activating group) is 1. The van der Waals surface area contributed by atoms with Gasteiger partial charge in [0.2, 0.25) is 5.91 Å². The van der Waals surface area contributed by atoms with Crippen molar-refractivity contribution in [2.24, 2.45) is 0 Å². The third-order valence-electron chi connectivity index (χ3n) is 4.69. The first-order chi connectivity index (χ1) is 12.7. The van der Waals surface area contributed by atoms with Crippen LogP contribution in [-0.2, 0) is 10.5 Å². The zero-order valence-electron chi connectivity index (χ0n) is 16.6. The van der Waals surface area contributed by atoms with Crippen LogP contribution in [0.15, 0.2) is 43.0 Å². The number of rotatable bonds is 16. The van der Waals surface area contributed by atoms with E-state index < -0.39 is 0 Å². The van der Waals surface area contributed by atoms with Crippen molar-refractivity contribution >= 4 is 17.7 Å². The number of carbonyl (C=O) groups is 1. The van der Waals surface area contributed by atoms with Crippen molar-refractivity contribution in [3.05, 3.63) is 48.6 Å². The molecule has 1 rings (SSSR count). The van der Waals surface area contributed by atoms with Gasteiger partial charge in [-0.25, -0.2) is 0 Å². The molecule has 0 N–H and O–H groups in total. The Morgan fingerprint density at radius 3 is 2.04 bits per heavy atom. The fourth-order valence-electron chi connectivity index (χ4n) is 3.00. The molecular formula is C23H37NOS. The van der Waals surface area contributed by atoms with E-state index in [-0.39, 0.29) is 5.91 Å². The van der Waals surface area contributed by atoms with Crippen LogP contribution < -0.4 is 0 Å². The van der Waals surface area contributed by atoms with Gasteiger partial charge in [0.1, 0.15) is 0 Å². The Bertz CT molecular complexity index is 474. The second-order valence-electron chi connectivity index (χ2n) is 7.04. The number of hydrogen-bond donors (Lipinski definition) is 0. The van der Waals surface area contributed by atoms with Gasteiger partial charge in [-0.15, -0.1) is 0 Å². The van der Waals surface area contributed by atoms with E-state index in [4.69, 9.17) is 0 Å². The lowest BCUT2D eigenvalue weighted by Crippen LogP contribution is -2.25. The van der Waals surface area contributed by atoms with Crippen molar-refractivity contribution in [2.45, 2.75) is 70.0 Å². The van der Waals surface area contributed by atoms with Crippen molar-refractivity contribution in [3.63, 3.8) is 0 Å². The molecule has 3 heteroatoms. The summed E-state index contributed by atoms with van der Waals surface area (Å²) in [5.74, 6) is 2.47. The third-order valence-corrected chi connectivity index (χ3v) is 5.81. The number of amides is 1. The molecule has 0 bridgehead atoms. The van der Waals surface area contributed by atoms with E-state index in [9.17, 15) is 4.79 Å². The molecule has 1 aromatic carbocycles. The molecule has 146 valence electrons. The molecule has 0 aliphatic carbocycles. The Kier molecular flexibility index (Phi) is 14.0. The monoisotopic (exact) mass is 375 g/mol. The highest BCUT2D eigenvalue weighted by Crippen LogP contribution is 2.15. The van der Waals surface area contributed by atoms with Crippen molar-refractivity contribution in [3.8, 4) is 0 Å². The quantitative estimate of drug-likeness (QED) is 0.244. The molecule has 0 saturated carbocycles. The topological polar surface area (TPSA) is 20.3 Å². The van der Waals surface area contributed by atoms with Gasteiger partial charge in [-0.3, -0.25) is 4.79 Å². The Morgan fingerprint density at radius 2 is 1.46 bits per heavy atom. The molecule has 26 heavy (non-hydrogen) atoms. The van der Waals surface area contributed by atoms with Crippen LogP contribution in [0.4, 0.5) is 0 Å². The summed E-state index contributed by atoms with van der Waals surface area (Å²) in [7, 11) is 1.85. The Morgan fingerprint density at radius 1 is 0.923 bits per heavy atom. The SMILES string of the molecule is C=CC(=O)N(C)CCCCCCCCCCCCSCc1ccccc1. The van der Waals surface area contributed by atoms with E-state index >= 15 is 0 Å². The molecule has 0 unspecified atom stereocenters. The smallest absolute Gasteiger partial charge is 0.245 e. The van der Waals surface area contributed by atoms with Crippen LogP contribution >= 0.6 is 11.8 Å². The predicted octanol–water partition coefficient (Wildman–Crippen LogP) is 6.47. The summed E-state index contributed by atoms with van der Waals surface area (Å²) < 4.78 is 0. The number of carbonyl (C=O) groups excluding carboxylic acids is 1. The van der Waals surface area contributed by atoms with E-state index in [1.54, 1.807) is 4.90 Å². The highest BCUT2D eigenvalue weighted by Gasteiger charge is 2.02. The van der Waals surface area contributed by atoms with Gasteiger partial charge >= 0.3 is 0 Å². The molecule has 0 radical (unpaired) electrons. The van der Waals surface area contributed by atoms with E-state index in [0.29, 0.717) is 0 Å². The first-order valence-electron chi connectivity index (χ1n) is 10.2. The average molecular weight is 376 g/mol. The van der Waals surface area contributed by atoms with Crippen LogP contribution in [-0.4, -0.2) is 30.2 Å². The fourth-order valence-corrected chi connectivity index (χ4v) is 3.98. The summed E-state index contributed by atoms with van der Waals surface area (Å²) in [6, 6.07) is 10.8. The van der Waals surface area contributed by atoms with Crippen LogP contribution in [0.1, 0.15) is 69.8 Å².